The number of fused-ring (bicyclic) bond motifs is 1. The van der Waals surface area contributed by atoms with Crippen molar-refractivity contribution in [3.05, 3.63) is 49.1 Å². The summed E-state index contributed by atoms with van der Waals surface area (Å²) in [6.45, 7) is 0.231. The Balaban J connectivity index is 1.58. The predicted molar refractivity (Wildman–Crippen MR) is 89.8 cm³/mol. The van der Waals surface area contributed by atoms with Crippen LogP contribution in [0.3, 0.4) is 0 Å². The molecule has 4 rings (SSSR count). The van der Waals surface area contributed by atoms with E-state index in [0.29, 0.717) is 23.1 Å². The molecule has 0 amide bonds. The Kier molecular flexibility index (Phi) is 3.47. The van der Waals surface area contributed by atoms with Gasteiger partial charge < -0.3 is 25.8 Å². The molecule has 0 radical (unpaired) electrons. The van der Waals surface area contributed by atoms with Gasteiger partial charge in [0.25, 0.3) is 0 Å². The van der Waals surface area contributed by atoms with Gasteiger partial charge in [-0.15, -0.1) is 0 Å². The van der Waals surface area contributed by atoms with E-state index in [-0.39, 0.29) is 6.79 Å². The van der Waals surface area contributed by atoms with Gasteiger partial charge in [0, 0.05) is 29.8 Å². The maximum Gasteiger partial charge on any atom is 0.231 e. The summed E-state index contributed by atoms with van der Waals surface area (Å²) in [5, 5.41) is 6.30. The SMILES string of the molecule is Nc1c(Nc2ccncc2)ncnc1Nc1ccc2c(c1)OCO2. The van der Waals surface area contributed by atoms with E-state index >= 15 is 0 Å². The summed E-state index contributed by atoms with van der Waals surface area (Å²) in [6, 6.07) is 9.18. The lowest BCUT2D eigenvalue weighted by atomic mass is 10.2. The molecule has 0 atom stereocenters. The lowest BCUT2D eigenvalue weighted by Crippen LogP contribution is -2.05. The predicted octanol–water partition coefficient (Wildman–Crippen LogP) is 2.67. The van der Waals surface area contributed by atoms with Crippen LogP contribution in [0.4, 0.5) is 28.7 Å². The first-order valence-electron chi connectivity index (χ1n) is 7.24. The van der Waals surface area contributed by atoms with Crippen molar-refractivity contribution in [1.29, 1.82) is 0 Å². The molecule has 8 heteroatoms. The van der Waals surface area contributed by atoms with Crippen molar-refractivity contribution < 1.29 is 9.47 Å². The minimum absolute atomic E-state index is 0.231. The van der Waals surface area contributed by atoms with Crippen molar-refractivity contribution in [2.75, 3.05) is 23.2 Å². The van der Waals surface area contributed by atoms with Crippen LogP contribution in [-0.2, 0) is 0 Å². The van der Waals surface area contributed by atoms with E-state index < -0.39 is 0 Å². The number of anilines is 5. The highest BCUT2D eigenvalue weighted by molar-refractivity contribution is 5.80. The van der Waals surface area contributed by atoms with Crippen molar-refractivity contribution in [2.24, 2.45) is 0 Å². The fraction of sp³-hybridized carbons (Fsp3) is 0.0625. The van der Waals surface area contributed by atoms with Gasteiger partial charge in [-0.1, -0.05) is 0 Å². The second-order valence-corrected chi connectivity index (χ2v) is 5.04. The Morgan fingerprint density at radius 1 is 0.875 bits per heavy atom. The highest BCUT2D eigenvalue weighted by Crippen LogP contribution is 2.36. The van der Waals surface area contributed by atoms with E-state index in [0.717, 1.165) is 17.1 Å². The molecule has 0 saturated carbocycles. The smallest absolute Gasteiger partial charge is 0.231 e. The van der Waals surface area contributed by atoms with E-state index in [1.165, 1.54) is 6.33 Å². The van der Waals surface area contributed by atoms with E-state index in [2.05, 4.69) is 25.6 Å². The number of nitrogens with one attached hydrogen (secondary N) is 2. The Morgan fingerprint density at radius 2 is 1.58 bits per heavy atom. The van der Waals surface area contributed by atoms with Crippen LogP contribution in [0.5, 0.6) is 11.5 Å². The first-order chi connectivity index (χ1) is 11.8. The zero-order chi connectivity index (χ0) is 16.4. The van der Waals surface area contributed by atoms with Crippen LogP contribution >= 0.6 is 0 Å². The molecule has 0 aliphatic carbocycles. The van der Waals surface area contributed by atoms with Crippen molar-refractivity contribution in [3.63, 3.8) is 0 Å². The third-order valence-corrected chi connectivity index (χ3v) is 3.46. The van der Waals surface area contributed by atoms with Gasteiger partial charge in [-0.05, 0) is 24.3 Å². The zero-order valence-corrected chi connectivity index (χ0v) is 12.6. The number of pyridine rings is 1. The number of hydrogen-bond acceptors (Lipinski definition) is 8. The van der Waals surface area contributed by atoms with Crippen LogP contribution < -0.4 is 25.8 Å². The summed E-state index contributed by atoms with van der Waals surface area (Å²) < 4.78 is 10.7. The number of aromatic nitrogens is 3. The fourth-order valence-electron chi connectivity index (χ4n) is 2.28. The molecule has 8 nitrogen and oxygen atoms in total. The van der Waals surface area contributed by atoms with Crippen molar-refractivity contribution in [2.45, 2.75) is 0 Å². The van der Waals surface area contributed by atoms with Gasteiger partial charge in [-0.25, -0.2) is 9.97 Å². The molecule has 0 spiro atoms. The van der Waals surface area contributed by atoms with E-state index in [4.69, 9.17) is 15.2 Å². The number of rotatable bonds is 4. The number of benzene rings is 1. The number of hydrogen-bond donors (Lipinski definition) is 3. The molecule has 3 heterocycles. The van der Waals surface area contributed by atoms with Gasteiger partial charge in [-0.2, -0.15) is 0 Å². The third kappa shape index (κ3) is 2.72. The molecule has 1 aliphatic heterocycles. The Morgan fingerprint density at radius 3 is 2.38 bits per heavy atom. The van der Waals surface area contributed by atoms with Crippen molar-refractivity contribution in [3.8, 4) is 11.5 Å². The molecule has 2 aromatic heterocycles. The van der Waals surface area contributed by atoms with Crippen molar-refractivity contribution in [1.82, 2.24) is 15.0 Å². The van der Waals surface area contributed by atoms with E-state index in [9.17, 15) is 0 Å². The monoisotopic (exact) mass is 322 g/mol. The largest absolute Gasteiger partial charge is 0.454 e. The molecule has 24 heavy (non-hydrogen) atoms. The molecule has 0 bridgehead atoms. The first kappa shape index (κ1) is 14.1. The van der Waals surface area contributed by atoms with Crippen LogP contribution in [0.2, 0.25) is 0 Å². The van der Waals surface area contributed by atoms with Gasteiger partial charge in [0.15, 0.2) is 23.1 Å². The normalized spacial score (nSPS) is 12.0. The maximum absolute atomic E-state index is 6.17. The summed E-state index contributed by atoms with van der Waals surface area (Å²) in [5.41, 5.74) is 8.21. The van der Waals surface area contributed by atoms with Gasteiger partial charge in [0.1, 0.15) is 12.0 Å². The Bertz CT molecular complexity index is 872. The number of nitrogens with two attached hydrogens (primary N) is 1. The van der Waals surface area contributed by atoms with Crippen LogP contribution in [0.15, 0.2) is 49.1 Å². The minimum Gasteiger partial charge on any atom is -0.454 e. The molecule has 1 aliphatic rings. The molecule has 1 aromatic carbocycles. The molecule has 3 aromatic rings. The highest BCUT2D eigenvalue weighted by atomic mass is 16.7. The van der Waals surface area contributed by atoms with E-state index in [1.54, 1.807) is 12.4 Å². The topological polar surface area (TPSA) is 107 Å². The second kappa shape index (κ2) is 5.92. The Labute approximate surface area is 137 Å². The van der Waals surface area contributed by atoms with Crippen LogP contribution in [0.25, 0.3) is 0 Å². The summed E-state index contributed by atoms with van der Waals surface area (Å²) in [5.74, 6) is 2.42. The van der Waals surface area contributed by atoms with Gasteiger partial charge in [0.2, 0.25) is 6.79 Å². The zero-order valence-electron chi connectivity index (χ0n) is 12.6. The van der Waals surface area contributed by atoms with E-state index in [1.807, 2.05) is 30.3 Å². The average molecular weight is 322 g/mol. The molecular weight excluding hydrogens is 308 g/mol. The summed E-state index contributed by atoms with van der Waals surface area (Å²) in [6.07, 6.45) is 4.81. The molecule has 0 unspecified atom stereocenters. The quantitative estimate of drug-likeness (QED) is 0.673. The molecule has 4 N–H and O–H groups in total. The van der Waals surface area contributed by atoms with Gasteiger partial charge >= 0.3 is 0 Å². The molecule has 0 saturated heterocycles. The van der Waals surface area contributed by atoms with Crippen molar-refractivity contribution >= 4 is 28.7 Å². The number of nitrogens with zero attached hydrogens (tertiary/aromatic N) is 3. The van der Waals surface area contributed by atoms with Crippen LogP contribution in [0.1, 0.15) is 0 Å². The Hall–Kier alpha value is -3.55. The number of nitrogen functional groups attached to an aromatic ring is 1. The minimum atomic E-state index is 0.231. The second-order valence-electron chi connectivity index (χ2n) is 5.04. The average Bonchev–Trinajstić information content (AvgIpc) is 3.07. The van der Waals surface area contributed by atoms with Crippen LogP contribution in [0, 0.1) is 0 Å². The van der Waals surface area contributed by atoms with Gasteiger partial charge in [-0.3, -0.25) is 4.98 Å². The molecule has 0 fully saturated rings. The summed E-state index contributed by atoms with van der Waals surface area (Å²) >= 11 is 0. The fourth-order valence-corrected chi connectivity index (χ4v) is 2.28. The highest BCUT2D eigenvalue weighted by Gasteiger charge is 2.14. The number of ether oxygens (including phenoxy) is 2. The maximum atomic E-state index is 6.17. The molecule has 120 valence electrons. The molecular formula is C16H14N6O2. The summed E-state index contributed by atoms with van der Waals surface area (Å²) in [4.78, 5) is 12.4. The van der Waals surface area contributed by atoms with Gasteiger partial charge in [0.05, 0.1) is 0 Å². The lowest BCUT2D eigenvalue weighted by Gasteiger charge is -2.12. The van der Waals surface area contributed by atoms with Crippen LogP contribution in [-0.4, -0.2) is 21.7 Å². The standard InChI is InChI=1S/C16H14N6O2/c17-14-15(21-10-3-5-18-6-4-10)19-8-20-16(14)22-11-1-2-12-13(7-11)24-9-23-12/h1-8H,9,17H2,(H2,18,19,20,21,22). The lowest BCUT2D eigenvalue weighted by molar-refractivity contribution is 0.174. The summed E-state index contributed by atoms with van der Waals surface area (Å²) in [7, 11) is 0. The first-order valence-corrected chi connectivity index (χ1v) is 7.24. The third-order valence-electron chi connectivity index (χ3n) is 3.46.